The highest BCUT2D eigenvalue weighted by molar-refractivity contribution is 6.74. The Labute approximate surface area is 169 Å². The maximum Gasteiger partial charge on any atom is 0.250 e. The molecule has 0 aromatic heterocycles. The maximum atomic E-state index is 11.9. The molecule has 2 nitrogen and oxygen atoms in total. The molecule has 3 aromatic carbocycles. The molecule has 0 spiro atoms. The Morgan fingerprint density at radius 3 is 1.68 bits per heavy atom. The lowest BCUT2D eigenvalue weighted by atomic mass is 9.84. The molecule has 0 saturated heterocycles. The third kappa shape index (κ3) is 2.81. The van der Waals surface area contributed by atoms with Crippen LogP contribution in [-0.4, -0.2) is 13.4 Å². The van der Waals surface area contributed by atoms with Gasteiger partial charge in [-0.15, -0.1) is 0 Å². The molecule has 0 unspecified atom stereocenters. The minimum Gasteiger partial charge on any atom is -0.544 e. The van der Waals surface area contributed by atoms with E-state index in [4.69, 9.17) is 4.43 Å². The van der Waals surface area contributed by atoms with E-state index in [9.17, 15) is 5.11 Å². The Morgan fingerprint density at radius 1 is 0.750 bits per heavy atom. The van der Waals surface area contributed by atoms with Gasteiger partial charge in [0.05, 0.1) is 0 Å². The van der Waals surface area contributed by atoms with Crippen LogP contribution in [0.15, 0.2) is 72.8 Å². The molecule has 28 heavy (non-hydrogen) atoms. The molecule has 0 bridgehead atoms. The average Bonchev–Trinajstić information content (AvgIpc) is 2.92. The van der Waals surface area contributed by atoms with Gasteiger partial charge in [-0.1, -0.05) is 81.4 Å². The van der Waals surface area contributed by atoms with Gasteiger partial charge < -0.3 is 9.53 Å². The van der Waals surface area contributed by atoms with Crippen LogP contribution in [0.25, 0.3) is 11.1 Å². The summed E-state index contributed by atoms with van der Waals surface area (Å²) in [6.07, 6.45) is 0. The van der Waals surface area contributed by atoms with Crippen LogP contribution in [0, 0.1) is 0 Å². The van der Waals surface area contributed by atoms with Gasteiger partial charge in [0.2, 0.25) is 8.32 Å². The summed E-state index contributed by atoms with van der Waals surface area (Å²) in [5.41, 5.74) is 3.81. The zero-order valence-corrected chi connectivity index (χ0v) is 18.3. The number of hydrogen-bond acceptors (Lipinski definition) is 2. The summed E-state index contributed by atoms with van der Waals surface area (Å²) in [7, 11) is -1.89. The minimum absolute atomic E-state index is 0.146. The van der Waals surface area contributed by atoms with Gasteiger partial charge in [-0.2, -0.15) is 0 Å². The van der Waals surface area contributed by atoms with E-state index in [1.807, 2.05) is 60.7 Å². The van der Waals surface area contributed by atoms with Gasteiger partial charge in [0.1, 0.15) is 11.4 Å². The van der Waals surface area contributed by atoms with E-state index in [0.717, 1.165) is 33.6 Å². The van der Waals surface area contributed by atoms with E-state index in [1.54, 1.807) is 0 Å². The second-order valence-electron chi connectivity index (χ2n) is 9.19. The average molecular weight is 389 g/mol. The molecule has 3 aromatic rings. The smallest absolute Gasteiger partial charge is 0.250 e. The van der Waals surface area contributed by atoms with E-state index in [1.165, 1.54) is 0 Å². The second kappa shape index (κ2) is 6.33. The lowest BCUT2D eigenvalue weighted by Crippen LogP contribution is -2.43. The van der Waals surface area contributed by atoms with Gasteiger partial charge in [-0.05, 0) is 47.0 Å². The van der Waals surface area contributed by atoms with Crippen molar-refractivity contribution in [2.24, 2.45) is 0 Å². The Bertz CT molecular complexity index is 968. The van der Waals surface area contributed by atoms with Crippen molar-refractivity contribution in [2.45, 2.75) is 44.5 Å². The first-order valence-corrected chi connectivity index (χ1v) is 12.8. The Hall–Kier alpha value is -2.36. The van der Waals surface area contributed by atoms with Gasteiger partial charge in [0, 0.05) is 11.1 Å². The van der Waals surface area contributed by atoms with Crippen molar-refractivity contribution in [2.75, 3.05) is 0 Å². The van der Waals surface area contributed by atoms with Crippen LogP contribution in [0.3, 0.4) is 0 Å². The summed E-state index contributed by atoms with van der Waals surface area (Å²) in [6.45, 7) is 11.2. The van der Waals surface area contributed by atoms with Crippen molar-refractivity contribution >= 4 is 8.32 Å². The zero-order valence-electron chi connectivity index (χ0n) is 17.3. The SMILES string of the molecule is CC(C)(C)[Si](C)(C)Oc1ccc(C2(O)c3ccccc3-c3ccccc32)cc1. The van der Waals surface area contributed by atoms with Crippen molar-refractivity contribution in [1.82, 2.24) is 0 Å². The lowest BCUT2D eigenvalue weighted by Gasteiger charge is -2.36. The molecule has 1 aliphatic carbocycles. The largest absolute Gasteiger partial charge is 0.544 e. The molecular formula is C25H28O2Si. The first-order chi connectivity index (χ1) is 13.1. The van der Waals surface area contributed by atoms with Crippen LogP contribution in [0.5, 0.6) is 5.75 Å². The van der Waals surface area contributed by atoms with Crippen LogP contribution < -0.4 is 4.43 Å². The molecule has 0 heterocycles. The maximum absolute atomic E-state index is 11.9. The highest BCUT2D eigenvalue weighted by atomic mass is 28.4. The van der Waals surface area contributed by atoms with Gasteiger partial charge >= 0.3 is 0 Å². The quantitative estimate of drug-likeness (QED) is 0.531. The summed E-state index contributed by atoms with van der Waals surface area (Å²) in [5.74, 6) is 0.874. The predicted octanol–water partition coefficient (Wildman–Crippen LogP) is 6.34. The van der Waals surface area contributed by atoms with Crippen molar-refractivity contribution < 1.29 is 9.53 Å². The van der Waals surface area contributed by atoms with E-state index in [2.05, 4.69) is 46.0 Å². The molecule has 0 aliphatic heterocycles. The summed E-state index contributed by atoms with van der Waals surface area (Å²) >= 11 is 0. The molecule has 1 N–H and O–H groups in total. The van der Waals surface area contributed by atoms with Crippen molar-refractivity contribution in [3.05, 3.63) is 89.5 Å². The molecule has 1 aliphatic rings. The Kier molecular flexibility index (Phi) is 4.29. The number of rotatable bonds is 3. The van der Waals surface area contributed by atoms with E-state index in [-0.39, 0.29) is 5.04 Å². The van der Waals surface area contributed by atoms with Crippen LogP contribution in [-0.2, 0) is 5.60 Å². The van der Waals surface area contributed by atoms with Gasteiger partial charge in [0.25, 0.3) is 0 Å². The minimum atomic E-state index is -1.89. The normalized spacial score (nSPS) is 15.1. The van der Waals surface area contributed by atoms with E-state index < -0.39 is 13.9 Å². The van der Waals surface area contributed by atoms with Crippen molar-refractivity contribution in [3.63, 3.8) is 0 Å². The van der Waals surface area contributed by atoms with Crippen LogP contribution in [0.4, 0.5) is 0 Å². The summed E-state index contributed by atoms with van der Waals surface area (Å²) in [5, 5.41) is 12.0. The fourth-order valence-corrected chi connectivity index (χ4v) is 4.77. The van der Waals surface area contributed by atoms with Gasteiger partial charge in [0.15, 0.2) is 0 Å². The molecular weight excluding hydrogens is 360 g/mol. The molecule has 144 valence electrons. The van der Waals surface area contributed by atoms with Crippen LogP contribution in [0.2, 0.25) is 18.1 Å². The first-order valence-electron chi connectivity index (χ1n) is 9.86. The fraction of sp³-hybridized carbons (Fsp3) is 0.280. The topological polar surface area (TPSA) is 29.5 Å². The van der Waals surface area contributed by atoms with Gasteiger partial charge in [-0.3, -0.25) is 0 Å². The molecule has 0 saturated carbocycles. The Balaban J connectivity index is 1.76. The molecule has 0 atom stereocenters. The number of aliphatic hydroxyl groups is 1. The van der Waals surface area contributed by atoms with Crippen molar-refractivity contribution in [1.29, 1.82) is 0 Å². The zero-order chi connectivity index (χ0) is 20.2. The van der Waals surface area contributed by atoms with E-state index in [0.29, 0.717) is 0 Å². The summed E-state index contributed by atoms with van der Waals surface area (Å²) in [4.78, 5) is 0. The number of hydrogen-bond donors (Lipinski definition) is 1. The van der Waals surface area contributed by atoms with E-state index >= 15 is 0 Å². The summed E-state index contributed by atoms with van der Waals surface area (Å²) < 4.78 is 6.41. The van der Waals surface area contributed by atoms with Crippen LogP contribution >= 0.6 is 0 Å². The highest BCUT2D eigenvalue weighted by Crippen LogP contribution is 2.50. The molecule has 0 amide bonds. The lowest BCUT2D eigenvalue weighted by molar-refractivity contribution is 0.130. The molecule has 4 rings (SSSR count). The third-order valence-electron chi connectivity index (χ3n) is 6.38. The fourth-order valence-electron chi connectivity index (χ4n) is 3.73. The van der Waals surface area contributed by atoms with Gasteiger partial charge in [-0.25, -0.2) is 0 Å². The number of benzene rings is 3. The molecule has 0 radical (unpaired) electrons. The second-order valence-corrected chi connectivity index (χ2v) is 13.9. The molecule has 0 fully saturated rings. The van der Waals surface area contributed by atoms with Crippen molar-refractivity contribution in [3.8, 4) is 16.9 Å². The summed E-state index contributed by atoms with van der Waals surface area (Å²) in [6, 6.07) is 24.2. The highest BCUT2D eigenvalue weighted by Gasteiger charge is 2.43. The first kappa shape index (κ1) is 19.0. The third-order valence-corrected chi connectivity index (χ3v) is 10.7. The van der Waals surface area contributed by atoms with Crippen LogP contribution in [0.1, 0.15) is 37.5 Å². The molecule has 3 heteroatoms. The monoisotopic (exact) mass is 388 g/mol. The predicted molar refractivity (Wildman–Crippen MR) is 118 cm³/mol. The Morgan fingerprint density at radius 2 is 1.21 bits per heavy atom. The number of fused-ring (bicyclic) bond motifs is 3. The standard InChI is InChI=1S/C25H28O2Si/c1-24(2,3)28(4,5)27-19-16-14-18(15-17-19)25(26)22-12-8-6-10-20(22)21-11-7-9-13-23(21)25/h6-17,26H,1-5H3.